The van der Waals surface area contributed by atoms with Gasteiger partial charge < -0.3 is 0 Å². The largest absolute Gasteiger partial charge is 0.354 e. The van der Waals surface area contributed by atoms with Crippen LogP contribution in [0.1, 0.15) is 25.0 Å². The van der Waals surface area contributed by atoms with Gasteiger partial charge in [0, 0.05) is 0 Å². The average molecular weight is 389 g/mol. The fourth-order valence-corrected chi connectivity index (χ4v) is 7.02. The molecule has 0 saturated carbocycles. The Kier molecular flexibility index (Phi) is 3.20. The number of rotatable bonds is 2. The van der Waals surface area contributed by atoms with Gasteiger partial charge in [-0.3, -0.25) is 24.3 Å². The van der Waals surface area contributed by atoms with Crippen LogP contribution in [0.15, 0.2) is 54.6 Å². The van der Waals surface area contributed by atoms with Gasteiger partial charge in [-0.15, -0.1) is 0 Å². The normalized spacial score (nSPS) is 39.4. The standard InChI is InChI=1S/C24H25N3O2/c1-22-13-25-15-23(2,20(22)28)16-26(14-22)24(25)18-10-6-7-11-19(18)27(21(24)29)12-17-8-4-3-5-9-17/h3-11H,12-16H2,1-2H3/p+2. The van der Waals surface area contributed by atoms with Crippen molar-refractivity contribution < 1.29 is 19.4 Å². The van der Waals surface area contributed by atoms with Crippen LogP contribution in [0, 0.1) is 10.8 Å². The molecule has 7 rings (SSSR count). The zero-order chi connectivity index (χ0) is 20.0. The first-order valence-electron chi connectivity index (χ1n) is 10.6. The van der Waals surface area contributed by atoms with Gasteiger partial charge in [0.25, 0.3) is 0 Å². The number of carbonyl (C=O) groups is 2. The van der Waals surface area contributed by atoms with Crippen molar-refractivity contribution in [1.29, 1.82) is 0 Å². The van der Waals surface area contributed by atoms with E-state index in [-0.39, 0.29) is 16.7 Å². The lowest BCUT2D eigenvalue weighted by molar-refractivity contribution is -1.20. The third-order valence-corrected chi connectivity index (χ3v) is 7.92. The maximum absolute atomic E-state index is 14.2. The summed E-state index contributed by atoms with van der Waals surface area (Å²) in [6.07, 6.45) is 0. The molecule has 4 saturated heterocycles. The van der Waals surface area contributed by atoms with Gasteiger partial charge in [0.2, 0.25) is 0 Å². The van der Waals surface area contributed by atoms with E-state index in [1.807, 2.05) is 29.2 Å². The Hall–Kier alpha value is -2.50. The quantitative estimate of drug-likeness (QED) is 0.746. The van der Waals surface area contributed by atoms with Gasteiger partial charge in [-0.25, -0.2) is 0 Å². The predicted molar refractivity (Wildman–Crippen MR) is 108 cm³/mol. The van der Waals surface area contributed by atoms with Gasteiger partial charge in [0.15, 0.2) is 5.78 Å². The molecule has 2 aromatic rings. The minimum absolute atomic E-state index is 0.200. The Balaban J connectivity index is 1.50. The number of anilines is 1. The first-order chi connectivity index (χ1) is 13.9. The van der Waals surface area contributed by atoms with Crippen molar-refractivity contribution in [3.63, 3.8) is 0 Å². The van der Waals surface area contributed by atoms with Crippen LogP contribution in [0.5, 0.6) is 0 Å². The maximum atomic E-state index is 14.2. The molecule has 2 aromatic carbocycles. The highest BCUT2D eigenvalue weighted by molar-refractivity contribution is 6.06. The number of ketones is 1. The van der Waals surface area contributed by atoms with Crippen molar-refractivity contribution in [1.82, 2.24) is 0 Å². The number of nitrogens with zero attached hydrogens (tertiary/aromatic N) is 1. The molecule has 1 spiro atoms. The summed E-state index contributed by atoms with van der Waals surface area (Å²) in [5.41, 5.74) is 2.08. The number of hydrogen-bond acceptors (Lipinski definition) is 2. The smallest absolute Gasteiger partial charge is 0.297 e. The van der Waals surface area contributed by atoms with E-state index in [0.29, 0.717) is 12.3 Å². The number of hydrogen-bond donors (Lipinski definition) is 2. The monoisotopic (exact) mass is 389 g/mol. The maximum Gasteiger partial charge on any atom is 0.354 e. The zero-order valence-electron chi connectivity index (χ0n) is 17.0. The molecule has 4 bridgehead atoms. The topological polar surface area (TPSA) is 46.3 Å². The highest BCUT2D eigenvalue weighted by atomic mass is 16.2. The molecule has 148 valence electrons. The van der Waals surface area contributed by atoms with Crippen molar-refractivity contribution in [3.8, 4) is 0 Å². The van der Waals surface area contributed by atoms with Crippen molar-refractivity contribution in [2.75, 3.05) is 31.1 Å². The minimum atomic E-state index is -0.606. The van der Waals surface area contributed by atoms with Crippen molar-refractivity contribution in [2.24, 2.45) is 10.8 Å². The van der Waals surface area contributed by atoms with E-state index >= 15 is 0 Å². The minimum Gasteiger partial charge on any atom is -0.297 e. The van der Waals surface area contributed by atoms with Gasteiger partial charge >= 0.3 is 11.6 Å². The van der Waals surface area contributed by atoms with Gasteiger partial charge in [0.05, 0.1) is 12.2 Å². The molecule has 0 atom stereocenters. The molecule has 5 heterocycles. The lowest BCUT2D eigenvalue weighted by Gasteiger charge is -2.61. The lowest BCUT2D eigenvalue weighted by atomic mass is 9.60. The van der Waals surface area contributed by atoms with E-state index in [1.165, 1.54) is 9.80 Å². The molecule has 0 radical (unpaired) electrons. The second-order valence-corrected chi connectivity index (χ2v) is 10.0. The van der Waals surface area contributed by atoms with E-state index in [1.54, 1.807) is 0 Å². The van der Waals surface area contributed by atoms with Crippen molar-refractivity contribution >= 4 is 17.4 Å². The lowest BCUT2D eigenvalue weighted by Crippen LogP contribution is -3.48. The summed E-state index contributed by atoms with van der Waals surface area (Å²) in [5.74, 6) is 0.609. The molecule has 5 nitrogen and oxygen atoms in total. The van der Waals surface area contributed by atoms with E-state index in [0.717, 1.165) is 43.0 Å². The molecule has 2 N–H and O–H groups in total. The Morgan fingerprint density at radius 1 is 0.828 bits per heavy atom. The summed E-state index contributed by atoms with van der Waals surface area (Å²) < 4.78 is 0. The summed E-state index contributed by atoms with van der Waals surface area (Å²) in [4.78, 5) is 31.8. The Morgan fingerprint density at radius 3 is 2.00 bits per heavy atom. The summed E-state index contributed by atoms with van der Waals surface area (Å²) in [5, 5.41) is 0. The van der Waals surface area contributed by atoms with E-state index in [4.69, 9.17) is 0 Å². The first-order valence-corrected chi connectivity index (χ1v) is 10.6. The predicted octanol–water partition coefficient (Wildman–Crippen LogP) is -0.221. The number of benzene rings is 2. The highest BCUT2D eigenvalue weighted by Crippen LogP contribution is 2.43. The number of carbonyl (C=O) groups excluding carboxylic acids is 2. The van der Waals surface area contributed by atoms with E-state index < -0.39 is 5.66 Å². The molecule has 5 aliphatic heterocycles. The average Bonchev–Trinajstić information content (AvgIpc) is 2.93. The number of nitrogens with one attached hydrogen (secondary N) is 2. The number of para-hydroxylation sites is 1. The number of amides is 1. The third kappa shape index (κ3) is 1.97. The second-order valence-electron chi connectivity index (χ2n) is 10.0. The van der Waals surface area contributed by atoms with Crippen molar-refractivity contribution in [2.45, 2.75) is 26.1 Å². The molecule has 0 unspecified atom stereocenters. The Bertz CT molecular complexity index is 1010. The van der Waals surface area contributed by atoms with Crippen LogP contribution < -0.4 is 14.7 Å². The molecule has 5 heteroatoms. The second kappa shape index (κ2) is 5.35. The SMILES string of the molecule is CC12C[NH+]3CC(C)(C[NH+](C1)C31C(=O)N(Cc3ccccc3)c3ccccc31)C2=O. The van der Waals surface area contributed by atoms with Crippen LogP contribution in [0.25, 0.3) is 0 Å². The summed E-state index contributed by atoms with van der Waals surface area (Å²) in [7, 11) is 0. The van der Waals surface area contributed by atoms with Crippen LogP contribution >= 0.6 is 0 Å². The van der Waals surface area contributed by atoms with Gasteiger partial charge in [0.1, 0.15) is 42.6 Å². The molecule has 5 aliphatic rings. The van der Waals surface area contributed by atoms with Crippen LogP contribution in [-0.4, -0.2) is 37.9 Å². The highest BCUT2D eigenvalue weighted by Gasteiger charge is 2.79. The van der Waals surface area contributed by atoms with Crippen LogP contribution in [-0.2, 0) is 21.8 Å². The molecule has 1 amide bonds. The first kappa shape index (κ1) is 17.4. The van der Waals surface area contributed by atoms with E-state index in [2.05, 4.69) is 44.2 Å². The number of quaternary nitrogens is 2. The summed E-state index contributed by atoms with van der Waals surface area (Å²) in [6, 6.07) is 18.5. The van der Waals surface area contributed by atoms with Gasteiger partial charge in [-0.1, -0.05) is 42.5 Å². The Labute approximate surface area is 170 Å². The van der Waals surface area contributed by atoms with Gasteiger partial charge in [-0.05, 0) is 31.5 Å². The van der Waals surface area contributed by atoms with Crippen LogP contribution in [0.3, 0.4) is 0 Å². The molecule has 4 fully saturated rings. The number of Topliss-reactive ketones (excluding diaryl/α,β-unsaturated/α-hetero) is 1. The van der Waals surface area contributed by atoms with E-state index in [9.17, 15) is 9.59 Å². The van der Waals surface area contributed by atoms with Crippen LogP contribution in [0.4, 0.5) is 5.69 Å². The number of piperidine rings is 2. The third-order valence-electron chi connectivity index (χ3n) is 7.92. The number of fused-ring (bicyclic) bond motifs is 1. The molecule has 29 heavy (non-hydrogen) atoms. The molecule has 0 aliphatic carbocycles. The van der Waals surface area contributed by atoms with Crippen LogP contribution in [0.2, 0.25) is 0 Å². The molecular weight excluding hydrogens is 362 g/mol. The summed E-state index contributed by atoms with van der Waals surface area (Å²) >= 11 is 0. The zero-order valence-corrected chi connectivity index (χ0v) is 17.0. The fraction of sp³-hybridized carbons (Fsp3) is 0.417. The fourth-order valence-electron chi connectivity index (χ4n) is 7.02. The summed E-state index contributed by atoms with van der Waals surface area (Å²) in [6.45, 7) is 7.84. The van der Waals surface area contributed by atoms with Gasteiger partial charge in [-0.2, -0.15) is 0 Å². The molecule has 0 aromatic heterocycles. The Morgan fingerprint density at radius 2 is 1.38 bits per heavy atom. The molecular formula is C24H27N3O2+2. The van der Waals surface area contributed by atoms with Crippen molar-refractivity contribution in [3.05, 3.63) is 65.7 Å².